The highest BCUT2D eigenvalue weighted by molar-refractivity contribution is 5.87. The summed E-state index contributed by atoms with van der Waals surface area (Å²) in [5.74, 6) is -2.58. The zero-order valence-corrected chi connectivity index (χ0v) is 14.8. The molecule has 0 unspecified atom stereocenters. The minimum atomic E-state index is -1.27. The average Bonchev–Trinajstić information content (AvgIpc) is 2.64. The first-order chi connectivity index (χ1) is 12.9. The molecule has 0 aliphatic carbocycles. The van der Waals surface area contributed by atoms with Gasteiger partial charge in [-0.05, 0) is 18.9 Å². The fourth-order valence-electron chi connectivity index (χ4n) is 1.88. The summed E-state index contributed by atoms with van der Waals surface area (Å²) in [7, 11) is 0. The molecule has 146 valence electrons. The number of esters is 1. The lowest BCUT2D eigenvalue weighted by molar-refractivity contribution is -0.141. The van der Waals surface area contributed by atoms with Crippen LogP contribution in [-0.2, 0) is 30.5 Å². The molecule has 0 bridgehead atoms. The van der Waals surface area contributed by atoms with Gasteiger partial charge in [0.05, 0.1) is 6.61 Å². The Bertz CT molecular complexity index is 674. The SMILES string of the molecule is CCOC(=O)/C=C/C[C@@H](NC(=O)CNC(=O)OCc1ccccc1)C(=O)O. The van der Waals surface area contributed by atoms with Gasteiger partial charge >= 0.3 is 18.0 Å². The molecule has 1 rings (SSSR count). The maximum absolute atomic E-state index is 11.8. The molecule has 27 heavy (non-hydrogen) atoms. The van der Waals surface area contributed by atoms with Crippen molar-refractivity contribution < 1.29 is 33.8 Å². The van der Waals surface area contributed by atoms with Crippen LogP contribution in [0.5, 0.6) is 0 Å². The first-order valence-electron chi connectivity index (χ1n) is 8.22. The van der Waals surface area contributed by atoms with Crippen molar-refractivity contribution in [3.63, 3.8) is 0 Å². The number of carboxylic acid groups (broad SMARTS) is 1. The van der Waals surface area contributed by atoms with Crippen LogP contribution in [0.25, 0.3) is 0 Å². The molecular weight excluding hydrogens is 356 g/mol. The Kier molecular flexibility index (Phi) is 9.69. The third-order valence-electron chi connectivity index (χ3n) is 3.15. The maximum Gasteiger partial charge on any atom is 0.407 e. The molecule has 0 aliphatic heterocycles. The summed E-state index contributed by atoms with van der Waals surface area (Å²) in [6, 6.07) is 7.74. The van der Waals surface area contributed by atoms with E-state index in [1.807, 2.05) is 6.07 Å². The van der Waals surface area contributed by atoms with Crippen molar-refractivity contribution in [2.24, 2.45) is 0 Å². The quantitative estimate of drug-likeness (QED) is 0.409. The number of benzene rings is 1. The van der Waals surface area contributed by atoms with Crippen LogP contribution in [0.15, 0.2) is 42.5 Å². The van der Waals surface area contributed by atoms with Crippen LogP contribution in [-0.4, -0.2) is 48.2 Å². The summed E-state index contributed by atoms with van der Waals surface area (Å²) in [5.41, 5.74) is 0.788. The van der Waals surface area contributed by atoms with E-state index in [0.29, 0.717) is 0 Å². The summed E-state index contributed by atoms with van der Waals surface area (Å²) >= 11 is 0. The second-order valence-corrected chi connectivity index (χ2v) is 5.26. The molecule has 9 heteroatoms. The number of aliphatic carboxylic acids is 1. The zero-order chi connectivity index (χ0) is 20.1. The summed E-state index contributed by atoms with van der Waals surface area (Å²) in [6.07, 6.45) is 1.46. The maximum atomic E-state index is 11.8. The van der Waals surface area contributed by atoms with E-state index < -0.39 is 36.5 Å². The van der Waals surface area contributed by atoms with Gasteiger partial charge < -0.3 is 25.2 Å². The highest BCUT2D eigenvalue weighted by Crippen LogP contribution is 2.00. The molecule has 1 aromatic carbocycles. The van der Waals surface area contributed by atoms with Crippen molar-refractivity contribution in [1.82, 2.24) is 10.6 Å². The highest BCUT2D eigenvalue weighted by Gasteiger charge is 2.19. The molecule has 0 spiro atoms. The lowest BCUT2D eigenvalue weighted by Crippen LogP contribution is -2.45. The monoisotopic (exact) mass is 378 g/mol. The normalized spacial score (nSPS) is 11.4. The number of rotatable bonds is 10. The smallest absolute Gasteiger partial charge is 0.407 e. The lowest BCUT2D eigenvalue weighted by atomic mass is 10.2. The third-order valence-corrected chi connectivity index (χ3v) is 3.15. The molecule has 0 radical (unpaired) electrons. The minimum Gasteiger partial charge on any atom is -0.480 e. The number of hydrogen-bond donors (Lipinski definition) is 3. The van der Waals surface area contributed by atoms with Gasteiger partial charge in [0.25, 0.3) is 0 Å². The van der Waals surface area contributed by atoms with Crippen LogP contribution in [0, 0.1) is 0 Å². The largest absolute Gasteiger partial charge is 0.480 e. The van der Waals surface area contributed by atoms with Crippen LogP contribution in [0.1, 0.15) is 18.9 Å². The second kappa shape index (κ2) is 12.1. The highest BCUT2D eigenvalue weighted by atomic mass is 16.5. The summed E-state index contributed by atoms with van der Waals surface area (Å²) in [6.45, 7) is 1.45. The fourth-order valence-corrected chi connectivity index (χ4v) is 1.88. The third kappa shape index (κ3) is 9.63. The summed E-state index contributed by atoms with van der Waals surface area (Å²) in [4.78, 5) is 45.6. The number of ether oxygens (including phenoxy) is 2. The molecular formula is C18H22N2O7. The number of carboxylic acids is 1. The Hall–Kier alpha value is -3.36. The van der Waals surface area contributed by atoms with Crippen molar-refractivity contribution in [2.75, 3.05) is 13.2 Å². The molecule has 3 N–H and O–H groups in total. The molecule has 9 nitrogen and oxygen atoms in total. The van der Waals surface area contributed by atoms with Gasteiger partial charge in [0.1, 0.15) is 19.2 Å². The van der Waals surface area contributed by atoms with Gasteiger partial charge in [0.15, 0.2) is 0 Å². The van der Waals surface area contributed by atoms with Crippen molar-refractivity contribution in [3.05, 3.63) is 48.0 Å². The predicted molar refractivity (Wildman–Crippen MR) is 94.6 cm³/mol. The van der Waals surface area contributed by atoms with Crippen LogP contribution >= 0.6 is 0 Å². The van der Waals surface area contributed by atoms with Crippen molar-refractivity contribution >= 4 is 23.9 Å². The van der Waals surface area contributed by atoms with Crippen LogP contribution < -0.4 is 10.6 Å². The molecule has 0 aromatic heterocycles. The first kappa shape index (κ1) is 21.7. The zero-order valence-electron chi connectivity index (χ0n) is 14.8. The second-order valence-electron chi connectivity index (χ2n) is 5.26. The van der Waals surface area contributed by atoms with Crippen LogP contribution in [0.4, 0.5) is 4.79 Å². The van der Waals surface area contributed by atoms with E-state index in [1.54, 1.807) is 31.2 Å². The van der Waals surface area contributed by atoms with Gasteiger partial charge in [-0.2, -0.15) is 0 Å². The van der Waals surface area contributed by atoms with Crippen LogP contribution in [0.3, 0.4) is 0 Å². The number of hydrogen-bond acceptors (Lipinski definition) is 6. The number of carbonyl (C=O) groups is 4. The van der Waals surface area contributed by atoms with E-state index in [2.05, 4.69) is 15.4 Å². The fraction of sp³-hybridized carbons (Fsp3) is 0.333. The Labute approximate surface area is 156 Å². The van der Waals surface area contributed by atoms with Crippen LogP contribution in [0.2, 0.25) is 0 Å². The Morgan fingerprint density at radius 3 is 2.48 bits per heavy atom. The van der Waals surface area contributed by atoms with Gasteiger partial charge in [0.2, 0.25) is 5.91 Å². The van der Waals surface area contributed by atoms with E-state index in [0.717, 1.165) is 11.6 Å². The molecule has 0 saturated carbocycles. The van der Waals surface area contributed by atoms with E-state index in [9.17, 15) is 19.2 Å². The Morgan fingerprint density at radius 1 is 1.15 bits per heavy atom. The molecule has 2 amide bonds. The van der Waals surface area contributed by atoms with E-state index in [4.69, 9.17) is 9.84 Å². The molecule has 0 fully saturated rings. The molecule has 1 aromatic rings. The summed E-state index contributed by atoms with van der Waals surface area (Å²) in [5, 5.41) is 13.6. The van der Waals surface area contributed by atoms with Gasteiger partial charge in [-0.1, -0.05) is 36.4 Å². The number of nitrogens with one attached hydrogen (secondary N) is 2. The molecule has 0 aliphatic rings. The topological polar surface area (TPSA) is 131 Å². The van der Waals surface area contributed by atoms with Gasteiger partial charge in [-0.15, -0.1) is 0 Å². The number of amides is 2. The number of alkyl carbamates (subject to hydrolysis) is 1. The Balaban J connectivity index is 2.35. The summed E-state index contributed by atoms with van der Waals surface area (Å²) < 4.78 is 9.60. The van der Waals surface area contributed by atoms with Crippen molar-refractivity contribution in [2.45, 2.75) is 26.0 Å². The standard InChI is InChI=1S/C18H22N2O7/c1-2-26-16(22)10-6-9-14(17(23)24)20-15(21)11-19-18(25)27-12-13-7-4-3-5-8-13/h3-8,10,14H,2,9,11-12H2,1H3,(H,19,25)(H,20,21)(H,23,24)/b10-6+/t14-/m1/s1. The molecule has 0 saturated heterocycles. The van der Waals surface area contributed by atoms with Crippen molar-refractivity contribution in [3.8, 4) is 0 Å². The molecule has 0 heterocycles. The number of carbonyl (C=O) groups excluding carboxylic acids is 3. The van der Waals surface area contributed by atoms with Gasteiger partial charge in [-0.25, -0.2) is 14.4 Å². The minimum absolute atomic E-state index is 0.0463. The van der Waals surface area contributed by atoms with Crippen molar-refractivity contribution in [1.29, 1.82) is 0 Å². The first-order valence-corrected chi connectivity index (χ1v) is 8.22. The predicted octanol–water partition coefficient (Wildman–Crippen LogP) is 0.992. The van der Waals surface area contributed by atoms with Gasteiger partial charge in [-0.3, -0.25) is 4.79 Å². The lowest BCUT2D eigenvalue weighted by Gasteiger charge is -2.13. The van der Waals surface area contributed by atoms with E-state index in [1.165, 1.54) is 6.08 Å². The van der Waals surface area contributed by atoms with Gasteiger partial charge in [0, 0.05) is 6.08 Å². The molecule has 1 atom stereocenters. The average molecular weight is 378 g/mol. The Morgan fingerprint density at radius 2 is 1.85 bits per heavy atom. The van der Waals surface area contributed by atoms with E-state index >= 15 is 0 Å². The van der Waals surface area contributed by atoms with E-state index in [-0.39, 0.29) is 19.6 Å².